The van der Waals surface area contributed by atoms with Crippen molar-refractivity contribution in [2.24, 2.45) is 0 Å². The number of ether oxygens (including phenoxy) is 1. The molecule has 3 aromatic rings. The molecule has 7 heteroatoms. The number of carbonyl (C=O) groups is 1. The Morgan fingerprint density at radius 2 is 2.15 bits per heavy atom. The highest BCUT2D eigenvalue weighted by molar-refractivity contribution is 7.80. The van der Waals surface area contributed by atoms with Crippen LogP contribution in [0.2, 0.25) is 0 Å². The first-order valence-corrected chi connectivity index (χ1v) is 9.99. The van der Waals surface area contributed by atoms with E-state index in [0.29, 0.717) is 16.6 Å². The number of nitrogens with zero attached hydrogens (tertiary/aromatic N) is 2. The van der Waals surface area contributed by atoms with Crippen molar-refractivity contribution in [3.8, 4) is 0 Å². The molecular formula is C19H19N3O2S2. The minimum absolute atomic E-state index is 0.323. The van der Waals surface area contributed by atoms with Crippen LogP contribution in [0.1, 0.15) is 36.4 Å². The van der Waals surface area contributed by atoms with Gasteiger partial charge in [0.15, 0.2) is 5.11 Å². The third-order valence-corrected chi connectivity index (χ3v) is 5.96. The van der Waals surface area contributed by atoms with Gasteiger partial charge in [0, 0.05) is 11.9 Å². The number of hydrogen-bond donors (Lipinski definition) is 1. The van der Waals surface area contributed by atoms with E-state index < -0.39 is 0 Å². The van der Waals surface area contributed by atoms with Crippen LogP contribution in [0.15, 0.2) is 24.3 Å². The molecule has 0 amide bonds. The van der Waals surface area contributed by atoms with Crippen LogP contribution in [0.25, 0.3) is 21.0 Å². The second kappa shape index (κ2) is 6.81. The Labute approximate surface area is 161 Å². The van der Waals surface area contributed by atoms with Crippen LogP contribution in [0, 0.1) is 0 Å². The minimum Gasteiger partial charge on any atom is -0.462 e. The van der Waals surface area contributed by atoms with Crippen molar-refractivity contribution in [1.82, 2.24) is 4.98 Å². The second-order valence-electron chi connectivity index (χ2n) is 6.12. The molecule has 26 heavy (non-hydrogen) atoms. The fraction of sp³-hybridized carbons (Fsp3) is 0.316. The maximum atomic E-state index is 12.5. The van der Waals surface area contributed by atoms with Crippen LogP contribution in [-0.2, 0) is 4.74 Å². The Kier molecular flexibility index (Phi) is 4.50. The molecule has 5 nitrogen and oxygen atoms in total. The number of thiocarbonyl (C=S) groups is 1. The van der Waals surface area contributed by atoms with E-state index in [4.69, 9.17) is 21.9 Å². The average Bonchev–Trinajstić information content (AvgIpc) is 3.02. The second-order valence-corrected chi connectivity index (χ2v) is 7.53. The van der Waals surface area contributed by atoms with Crippen molar-refractivity contribution in [2.75, 3.05) is 23.4 Å². The first kappa shape index (κ1) is 17.2. The number of unbranched alkanes of at least 4 members (excludes halogenated alkanes) is 1. The molecule has 134 valence electrons. The molecule has 0 fully saturated rings. The lowest BCUT2D eigenvalue weighted by Crippen LogP contribution is -2.39. The molecule has 4 rings (SSSR count). The Morgan fingerprint density at radius 1 is 1.35 bits per heavy atom. The first-order valence-electron chi connectivity index (χ1n) is 8.76. The summed E-state index contributed by atoms with van der Waals surface area (Å²) in [5.74, 6) is 0.508. The number of para-hydroxylation sites is 1. The topological polar surface area (TPSA) is 54.5 Å². The monoisotopic (exact) mass is 385 g/mol. The SMILES string of the molecule is CCCCN1C(=S)Nc2c(C(=O)OCC)sc3c2c1nc1ccccc13. The van der Waals surface area contributed by atoms with E-state index in [1.807, 2.05) is 36.1 Å². The van der Waals surface area contributed by atoms with Gasteiger partial charge in [-0.3, -0.25) is 0 Å². The van der Waals surface area contributed by atoms with Gasteiger partial charge in [-0.1, -0.05) is 31.5 Å². The molecule has 1 aromatic carbocycles. The molecule has 1 aliphatic rings. The fourth-order valence-corrected chi connectivity index (χ4v) is 4.68. The molecular weight excluding hydrogens is 366 g/mol. The molecule has 0 atom stereocenters. The summed E-state index contributed by atoms with van der Waals surface area (Å²) in [5.41, 5.74) is 1.64. The number of benzene rings is 1. The van der Waals surface area contributed by atoms with Gasteiger partial charge in [-0.2, -0.15) is 0 Å². The van der Waals surface area contributed by atoms with Crippen LogP contribution in [0.4, 0.5) is 11.5 Å². The Balaban J connectivity index is 2.02. The van der Waals surface area contributed by atoms with Gasteiger partial charge in [0.25, 0.3) is 0 Å². The van der Waals surface area contributed by atoms with Crippen molar-refractivity contribution in [2.45, 2.75) is 26.7 Å². The third-order valence-electron chi connectivity index (χ3n) is 4.44. The molecule has 0 unspecified atom stereocenters. The zero-order valence-electron chi connectivity index (χ0n) is 14.7. The maximum absolute atomic E-state index is 12.5. The quantitative estimate of drug-likeness (QED) is 0.496. The van der Waals surface area contributed by atoms with Gasteiger partial charge in [-0.15, -0.1) is 11.3 Å². The molecule has 0 aliphatic carbocycles. The first-order chi connectivity index (χ1) is 12.7. The van der Waals surface area contributed by atoms with Gasteiger partial charge in [-0.25, -0.2) is 9.78 Å². The summed E-state index contributed by atoms with van der Waals surface area (Å²) in [6, 6.07) is 8.01. The highest BCUT2D eigenvalue weighted by Gasteiger charge is 2.31. The standard InChI is InChI=1S/C19H19N3O2S2/c1-3-5-10-22-17-13-14(21-19(22)25)16(18(23)24-4-2)26-15(13)11-8-6-7-9-12(11)20-17/h6-9H,3-5,10H2,1-2H3,(H,21,25). The van der Waals surface area contributed by atoms with Gasteiger partial charge in [0.1, 0.15) is 10.7 Å². The minimum atomic E-state index is -0.323. The highest BCUT2D eigenvalue weighted by Crippen LogP contribution is 2.46. The number of rotatable bonds is 5. The Hall–Kier alpha value is -2.25. The predicted molar refractivity (Wildman–Crippen MR) is 112 cm³/mol. The summed E-state index contributed by atoms with van der Waals surface area (Å²) in [6.45, 7) is 5.10. The molecule has 0 radical (unpaired) electrons. The Bertz CT molecular complexity index is 1030. The normalized spacial score (nSPS) is 13.3. The highest BCUT2D eigenvalue weighted by atomic mass is 32.1. The lowest BCUT2D eigenvalue weighted by molar-refractivity contribution is 0.0533. The van der Waals surface area contributed by atoms with Crippen LogP contribution in [0.3, 0.4) is 0 Å². The van der Waals surface area contributed by atoms with Crippen LogP contribution < -0.4 is 10.2 Å². The maximum Gasteiger partial charge on any atom is 0.350 e. The van der Waals surface area contributed by atoms with E-state index in [2.05, 4.69) is 12.2 Å². The van der Waals surface area contributed by atoms with Crippen molar-refractivity contribution < 1.29 is 9.53 Å². The zero-order valence-corrected chi connectivity index (χ0v) is 16.3. The lowest BCUT2D eigenvalue weighted by Gasteiger charge is -2.30. The number of fused-ring (bicyclic) bond motifs is 2. The number of nitrogens with one attached hydrogen (secondary N) is 1. The van der Waals surface area contributed by atoms with Gasteiger partial charge in [0.2, 0.25) is 0 Å². The van der Waals surface area contributed by atoms with Gasteiger partial charge in [0.05, 0.1) is 27.9 Å². The average molecular weight is 386 g/mol. The predicted octanol–water partition coefficient (Wildman–Crippen LogP) is 4.94. The summed E-state index contributed by atoms with van der Waals surface area (Å²) < 4.78 is 6.30. The smallest absolute Gasteiger partial charge is 0.350 e. The summed E-state index contributed by atoms with van der Waals surface area (Å²) >= 11 is 7.03. The van der Waals surface area contributed by atoms with Crippen molar-refractivity contribution >= 4 is 67.1 Å². The number of esters is 1. The molecule has 2 aromatic heterocycles. The van der Waals surface area contributed by atoms with Crippen molar-refractivity contribution in [1.29, 1.82) is 0 Å². The van der Waals surface area contributed by atoms with Gasteiger partial charge < -0.3 is 15.0 Å². The van der Waals surface area contributed by atoms with E-state index in [9.17, 15) is 4.79 Å². The Morgan fingerprint density at radius 3 is 2.92 bits per heavy atom. The molecule has 0 bridgehead atoms. The molecule has 1 aliphatic heterocycles. The van der Waals surface area contributed by atoms with E-state index in [0.717, 1.165) is 51.9 Å². The molecule has 0 spiro atoms. The van der Waals surface area contributed by atoms with Crippen LogP contribution in [-0.4, -0.2) is 29.2 Å². The zero-order chi connectivity index (χ0) is 18.3. The van der Waals surface area contributed by atoms with E-state index in [1.54, 1.807) is 0 Å². The molecule has 0 saturated carbocycles. The van der Waals surface area contributed by atoms with Crippen LogP contribution in [0.5, 0.6) is 0 Å². The number of hydrogen-bond acceptors (Lipinski definition) is 5. The van der Waals surface area contributed by atoms with Crippen molar-refractivity contribution in [3.05, 3.63) is 29.1 Å². The largest absolute Gasteiger partial charge is 0.462 e. The lowest BCUT2D eigenvalue weighted by atomic mass is 10.1. The summed E-state index contributed by atoms with van der Waals surface area (Å²) in [7, 11) is 0. The summed E-state index contributed by atoms with van der Waals surface area (Å²) in [4.78, 5) is 20.0. The van der Waals surface area contributed by atoms with E-state index in [-0.39, 0.29) is 5.97 Å². The van der Waals surface area contributed by atoms with Gasteiger partial charge >= 0.3 is 5.97 Å². The number of thiophene rings is 1. The van der Waals surface area contributed by atoms with E-state index >= 15 is 0 Å². The van der Waals surface area contributed by atoms with Crippen molar-refractivity contribution in [3.63, 3.8) is 0 Å². The number of aromatic nitrogens is 1. The summed E-state index contributed by atoms with van der Waals surface area (Å²) in [5, 5.41) is 5.84. The molecule has 3 heterocycles. The summed E-state index contributed by atoms with van der Waals surface area (Å²) in [6.07, 6.45) is 2.09. The van der Waals surface area contributed by atoms with E-state index in [1.165, 1.54) is 11.3 Å². The van der Waals surface area contributed by atoms with Gasteiger partial charge in [-0.05, 0) is 31.6 Å². The molecule has 0 saturated heterocycles. The number of carbonyl (C=O) groups excluding carboxylic acids is 1. The number of pyridine rings is 1. The third kappa shape index (κ3) is 2.62. The molecule has 1 N–H and O–H groups in total. The van der Waals surface area contributed by atoms with Crippen LogP contribution >= 0.6 is 23.6 Å². The fourth-order valence-electron chi connectivity index (χ4n) is 3.22. The number of anilines is 2.